The van der Waals surface area contributed by atoms with E-state index >= 15 is 0 Å². The van der Waals surface area contributed by atoms with Crippen molar-refractivity contribution in [2.45, 2.75) is 63.7 Å². The summed E-state index contributed by atoms with van der Waals surface area (Å²) in [4.78, 5) is 0. The van der Waals surface area contributed by atoms with E-state index in [0.29, 0.717) is 0 Å². The number of hydrogen-bond acceptors (Lipinski definition) is 6. The van der Waals surface area contributed by atoms with E-state index in [4.69, 9.17) is 18.9 Å². The molecule has 0 aromatic heterocycles. The molecular formula is C12H22O6. The molecule has 0 spiro atoms. The molecule has 2 heterocycles. The second-order valence-corrected chi connectivity index (χ2v) is 5.72. The van der Waals surface area contributed by atoms with Crippen molar-refractivity contribution in [1.29, 1.82) is 0 Å². The number of aliphatic hydroxyl groups is 2. The molecule has 2 aliphatic heterocycles. The molecule has 2 saturated heterocycles. The first kappa shape index (κ1) is 14.2. The normalized spacial score (nSPS) is 40.7. The lowest BCUT2D eigenvalue weighted by Crippen LogP contribution is -2.56. The first-order chi connectivity index (χ1) is 8.20. The third-order valence-corrected chi connectivity index (χ3v) is 3.15. The van der Waals surface area contributed by atoms with Gasteiger partial charge in [-0.1, -0.05) is 0 Å². The standard InChI is InChI=1S/C12H22O6/c1-11(2)16-6-8(17-11)9(14)10-7(13)5-15-12(3,4)18-10/h7-10,13-14H,5-6H2,1-4H3/t7-,8-,9-,10-/m1/s1. The molecule has 0 amide bonds. The van der Waals surface area contributed by atoms with E-state index in [2.05, 4.69) is 0 Å². The molecule has 0 aliphatic carbocycles. The van der Waals surface area contributed by atoms with Gasteiger partial charge in [-0.3, -0.25) is 0 Å². The molecule has 0 radical (unpaired) electrons. The van der Waals surface area contributed by atoms with E-state index in [0.717, 1.165) is 0 Å². The SMILES string of the molecule is CC1(C)OC[C@@H](O)[C@H]([C@H](O)[C@H]2COC(C)(C)O2)O1. The Morgan fingerprint density at radius 1 is 1.00 bits per heavy atom. The molecule has 4 atom stereocenters. The lowest BCUT2D eigenvalue weighted by atomic mass is 10.0. The Kier molecular flexibility index (Phi) is 3.70. The molecule has 0 aromatic rings. The highest BCUT2D eigenvalue weighted by molar-refractivity contribution is 4.89. The van der Waals surface area contributed by atoms with Crippen LogP contribution in [0, 0.1) is 0 Å². The fourth-order valence-corrected chi connectivity index (χ4v) is 2.21. The summed E-state index contributed by atoms with van der Waals surface area (Å²) in [6, 6.07) is 0. The Morgan fingerprint density at radius 2 is 1.56 bits per heavy atom. The summed E-state index contributed by atoms with van der Waals surface area (Å²) in [7, 11) is 0. The zero-order valence-electron chi connectivity index (χ0n) is 11.3. The monoisotopic (exact) mass is 262 g/mol. The van der Waals surface area contributed by atoms with Crippen LogP contribution in [-0.2, 0) is 18.9 Å². The first-order valence-electron chi connectivity index (χ1n) is 6.20. The van der Waals surface area contributed by atoms with Crippen molar-refractivity contribution in [2.75, 3.05) is 13.2 Å². The van der Waals surface area contributed by atoms with Crippen LogP contribution in [-0.4, -0.2) is 59.4 Å². The van der Waals surface area contributed by atoms with Crippen molar-refractivity contribution in [3.63, 3.8) is 0 Å². The highest BCUT2D eigenvalue weighted by atomic mass is 16.8. The van der Waals surface area contributed by atoms with Crippen LogP contribution in [0.2, 0.25) is 0 Å². The predicted octanol–water partition coefficient (Wildman–Crippen LogP) is 0.0112. The fourth-order valence-electron chi connectivity index (χ4n) is 2.21. The Bertz CT molecular complexity index is 303. The Morgan fingerprint density at radius 3 is 2.11 bits per heavy atom. The van der Waals surface area contributed by atoms with E-state index in [1.165, 1.54) is 0 Å². The van der Waals surface area contributed by atoms with Crippen LogP contribution in [0.4, 0.5) is 0 Å². The van der Waals surface area contributed by atoms with Gasteiger partial charge in [-0.25, -0.2) is 0 Å². The first-order valence-corrected chi connectivity index (χ1v) is 6.20. The molecule has 0 unspecified atom stereocenters. The highest BCUT2D eigenvalue weighted by Crippen LogP contribution is 2.30. The number of aliphatic hydroxyl groups excluding tert-OH is 2. The average Bonchev–Trinajstić information content (AvgIpc) is 2.61. The van der Waals surface area contributed by atoms with Gasteiger partial charge in [0, 0.05) is 0 Å². The van der Waals surface area contributed by atoms with Crippen LogP contribution in [0.5, 0.6) is 0 Å². The quantitative estimate of drug-likeness (QED) is 0.730. The minimum absolute atomic E-state index is 0.131. The molecule has 2 aliphatic rings. The maximum atomic E-state index is 10.3. The summed E-state index contributed by atoms with van der Waals surface area (Å²) in [5.41, 5.74) is 0. The molecule has 2 rings (SSSR count). The molecule has 0 bridgehead atoms. The predicted molar refractivity (Wildman–Crippen MR) is 61.8 cm³/mol. The summed E-state index contributed by atoms with van der Waals surface area (Å²) < 4.78 is 21.9. The van der Waals surface area contributed by atoms with Gasteiger partial charge in [-0.15, -0.1) is 0 Å². The molecule has 0 saturated carbocycles. The van der Waals surface area contributed by atoms with Crippen molar-refractivity contribution in [1.82, 2.24) is 0 Å². The fraction of sp³-hybridized carbons (Fsp3) is 1.00. The highest BCUT2D eigenvalue weighted by Gasteiger charge is 2.46. The van der Waals surface area contributed by atoms with Gasteiger partial charge in [0.25, 0.3) is 0 Å². The number of hydrogen-bond donors (Lipinski definition) is 2. The van der Waals surface area contributed by atoms with Crippen LogP contribution < -0.4 is 0 Å². The van der Waals surface area contributed by atoms with Crippen molar-refractivity contribution in [3.05, 3.63) is 0 Å². The zero-order chi connectivity index (χ0) is 13.6. The third kappa shape index (κ3) is 3.01. The molecule has 2 fully saturated rings. The van der Waals surface area contributed by atoms with Gasteiger partial charge in [0.05, 0.1) is 13.2 Å². The Hall–Kier alpha value is -0.240. The molecule has 0 aromatic carbocycles. The van der Waals surface area contributed by atoms with Crippen LogP contribution in [0.25, 0.3) is 0 Å². The largest absolute Gasteiger partial charge is 0.388 e. The van der Waals surface area contributed by atoms with Crippen molar-refractivity contribution >= 4 is 0 Å². The van der Waals surface area contributed by atoms with Crippen molar-refractivity contribution in [2.24, 2.45) is 0 Å². The second kappa shape index (κ2) is 4.70. The van der Waals surface area contributed by atoms with Crippen LogP contribution in [0.3, 0.4) is 0 Å². The van der Waals surface area contributed by atoms with Crippen molar-refractivity contribution in [3.8, 4) is 0 Å². The number of ether oxygens (including phenoxy) is 4. The minimum Gasteiger partial charge on any atom is -0.388 e. The van der Waals surface area contributed by atoms with E-state index in [9.17, 15) is 10.2 Å². The van der Waals surface area contributed by atoms with Crippen molar-refractivity contribution < 1.29 is 29.2 Å². The zero-order valence-corrected chi connectivity index (χ0v) is 11.3. The molecular weight excluding hydrogens is 240 g/mol. The molecule has 6 heteroatoms. The Labute approximate surface area is 107 Å². The van der Waals surface area contributed by atoms with E-state index in [1.807, 2.05) is 0 Å². The molecule has 18 heavy (non-hydrogen) atoms. The van der Waals surface area contributed by atoms with Gasteiger partial charge in [0.15, 0.2) is 11.6 Å². The van der Waals surface area contributed by atoms with Gasteiger partial charge in [-0.2, -0.15) is 0 Å². The van der Waals surface area contributed by atoms with Gasteiger partial charge in [0.1, 0.15) is 24.4 Å². The lowest BCUT2D eigenvalue weighted by molar-refractivity contribution is -0.324. The van der Waals surface area contributed by atoms with Crippen LogP contribution >= 0.6 is 0 Å². The van der Waals surface area contributed by atoms with E-state index in [-0.39, 0.29) is 13.2 Å². The van der Waals surface area contributed by atoms with Crippen LogP contribution in [0.1, 0.15) is 27.7 Å². The maximum Gasteiger partial charge on any atom is 0.163 e. The van der Waals surface area contributed by atoms with Crippen LogP contribution in [0.15, 0.2) is 0 Å². The molecule has 6 nitrogen and oxygen atoms in total. The minimum atomic E-state index is -0.954. The second-order valence-electron chi connectivity index (χ2n) is 5.72. The third-order valence-electron chi connectivity index (χ3n) is 3.15. The van der Waals surface area contributed by atoms with Gasteiger partial charge in [0.2, 0.25) is 0 Å². The lowest BCUT2D eigenvalue weighted by Gasteiger charge is -2.41. The summed E-state index contributed by atoms with van der Waals surface area (Å²) in [5.74, 6) is -1.53. The Balaban J connectivity index is 2.01. The van der Waals surface area contributed by atoms with Gasteiger partial charge in [-0.05, 0) is 27.7 Å². The molecule has 2 N–H and O–H groups in total. The summed E-state index contributed by atoms with van der Waals surface area (Å²) in [5, 5.41) is 20.1. The molecule has 106 valence electrons. The topological polar surface area (TPSA) is 77.4 Å². The smallest absolute Gasteiger partial charge is 0.163 e. The number of rotatable bonds is 2. The van der Waals surface area contributed by atoms with E-state index in [1.54, 1.807) is 27.7 Å². The average molecular weight is 262 g/mol. The summed E-state index contributed by atoms with van der Waals surface area (Å²) >= 11 is 0. The summed E-state index contributed by atoms with van der Waals surface area (Å²) in [6.07, 6.45) is -3.07. The van der Waals surface area contributed by atoms with Gasteiger partial charge < -0.3 is 29.2 Å². The van der Waals surface area contributed by atoms with E-state index < -0.39 is 36.0 Å². The summed E-state index contributed by atoms with van der Waals surface area (Å²) in [6.45, 7) is 7.46. The van der Waals surface area contributed by atoms with Gasteiger partial charge >= 0.3 is 0 Å². The maximum absolute atomic E-state index is 10.3.